The zero-order valence-corrected chi connectivity index (χ0v) is 7.92. The Hall–Kier alpha value is -1.02. The molecule has 0 spiro atoms. The first-order valence-electron chi connectivity index (χ1n) is 4.77. The van der Waals surface area contributed by atoms with Gasteiger partial charge in [0.25, 0.3) is 0 Å². The average Bonchev–Trinajstić information content (AvgIpc) is 2.63. The Kier molecular flexibility index (Phi) is 2.23. The van der Waals surface area contributed by atoms with Gasteiger partial charge in [-0.1, -0.05) is 19.1 Å². The molecule has 0 aliphatic carbocycles. The van der Waals surface area contributed by atoms with Gasteiger partial charge in [0.15, 0.2) is 0 Å². The maximum Gasteiger partial charge on any atom is 0.122 e. The fraction of sp³-hybridized carbons (Fsp3) is 0.455. The van der Waals surface area contributed by atoms with Crippen LogP contribution in [0.3, 0.4) is 0 Å². The Morgan fingerprint density at radius 2 is 2.38 bits per heavy atom. The van der Waals surface area contributed by atoms with Crippen molar-refractivity contribution in [3.8, 4) is 5.75 Å². The molecule has 0 amide bonds. The molecule has 0 unspecified atom stereocenters. The SMILES string of the molecule is C[C@H](CN)c1ccc2c(c1)CCO2. The summed E-state index contributed by atoms with van der Waals surface area (Å²) in [4.78, 5) is 0. The molecule has 1 aliphatic rings. The van der Waals surface area contributed by atoms with Crippen molar-refractivity contribution in [1.82, 2.24) is 0 Å². The minimum absolute atomic E-state index is 0.450. The van der Waals surface area contributed by atoms with Gasteiger partial charge in [-0.15, -0.1) is 0 Å². The second-order valence-electron chi connectivity index (χ2n) is 3.60. The first kappa shape index (κ1) is 8.57. The molecule has 2 rings (SSSR count). The van der Waals surface area contributed by atoms with Crippen LogP contribution in [0.5, 0.6) is 5.75 Å². The normalized spacial score (nSPS) is 16.5. The maximum atomic E-state index is 5.62. The number of fused-ring (bicyclic) bond motifs is 1. The number of rotatable bonds is 2. The molecule has 0 aromatic heterocycles. The van der Waals surface area contributed by atoms with E-state index in [1.165, 1.54) is 11.1 Å². The lowest BCUT2D eigenvalue weighted by molar-refractivity contribution is 0.357. The zero-order valence-electron chi connectivity index (χ0n) is 7.92. The Bertz CT molecular complexity index is 309. The highest BCUT2D eigenvalue weighted by Crippen LogP contribution is 2.28. The van der Waals surface area contributed by atoms with Gasteiger partial charge in [-0.2, -0.15) is 0 Å². The molecule has 0 saturated heterocycles. The van der Waals surface area contributed by atoms with Crippen LogP contribution in [0.1, 0.15) is 24.0 Å². The third-order valence-corrected chi connectivity index (χ3v) is 2.64. The molecule has 0 saturated carbocycles. The van der Waals surface area contributed by atoms with Crippen LogP contribution in [0.15, 0.2) is 18.2 Å². The van der Waals surface area contributed by atoms with Crippen LogP contribution in [-0.2, 0) is 6.42 Å². The quantitative estimate of drug-likeness (QED) is 0.746. The lowest BCUT2D eigenvalue weighted by atomic mass is 9.98. The highest BCUT2D eigenvalue weighted by Gasteiger charge is 2.13. The van der Waals surface area contributed by atoms with Gasteiger partial charge in [-0.3, -0.25) is 0 Å². The molecule has 1 aliphatic heterocycles. The highest BCUT2D eigenvalue weighted by molar-refractivity contribution is 5.40. The van der Waals surface area contributed by atoms with Crippen LogP contribution in [0.4, 0.5) is 0 Å². The summed E-state index contributed by atoms with van der Waals surface area (Å²) in [6, 6.07) is 6.39. The van der Waals surface area contributed by atoms with Crippen molar-refractivity contribution in [2.45, 2.75) is 19.3 Å². The largest absolute Gasteiger partial charge is 0.493 e. The third kappa shape index (κ3) is 1.54. The fourth-order valence-corrected chi connectivity index (χ4v) is 1.65. The van der Waals surface area contributed by atoms with Crippen molar-refractivity contribution in [3.05, 3.63) is 29.3 Å². The van der Waals surface area contributed by atoms with Gasteiger partial charge in [-0.25, -0.2) is 0 Å². The van der Waals surface area contributed by atoms with Gasteiger partial charge in [-0.05, 0) is 29.7 Å². The van der Waals surface area contributed by atoms with Crippen LogP contribution in [-0.4, -0.2) is 13.2 Å². The second kappa shape index (κ2) is 3.38. The van der Waals surface area contributed by atoms with Crippen LogP contribution in [0.2, 0.25) is 0 Å². The van der Waals surface area contributed by atoms with Gasteiger partial charge >= 0.3 is 0 Å². The Morgan fingerprint density at radius 3 is 3.15 bits per heavy atom. The van der Waals surface area contributed by atoms with E-state index in [0.29, 0.717) is 12.5 Å². The lowest BCUT2D eigenvalue weighted by Crippen LogP contribution is -2.08. The van der Waals surface area contributed by atoms with Gasteiger partial charge in [0, 0.05) is 6.42 Å². The molecular formula is C11H15NO. The van der Waals surface area contributed by atoms with Crippen molar-refractivity contribution >= 4 is 0 Å². The molecule has 1 aromatic carbocycles. The lowest BCUT2D eigenvalue weighted by Gasteiger charge is -2.09. The summed E-state index contributed by atoms with van der Waals surface area (Å²) in [5.74, 6) is 1.50. The first-order valence-corrected chi connectivity index (χ1v) is 4.77. The minimum atomic E-state index is 0.450. The van der Waals surface area contributed by atoms with Gasteiger partial charge < -0.3 is 10.5 Å². The predicted octanol–water partition coefficient (Wildman–Crippen LogP) is 1.68. The van der Waals surface area contributed by atoms with Gasteiger partial charge in [0.2, 0.25) is 0 Å². The number of hydrogen-bond acceptors (Lipinski definition) is 2. The molecule has 1 atom stereocenters. The summed E-state index contributed by atoms with van der Waals surface area (Å²) >= 11 is 0. The summed E-state index contributed by atoms with van der Waals surface area (Å²) < 4.78 is 5.44. The average molecular weight is 177 g/mol. The monoisotopic (exact) mass is 177 g/mol. The Labute approximate surface area is 78.7 Å². The van der Waals surface area contributed by atoms with Crippen molar-refractivity contribution in [1.29, 1.82) is 0 Å². The van der Waals surface area contributed by atoms with Gasteiger partial charge in [0.1, 0.15) is 5.75 Å². The molecule has 13 heavy (non-hydrogen) atoms. The van der Waals surface area contributed by atoms with E-state index in [9.17, 15) is 0 Å². The van der Waals surface area contributed by atoms with E-state index in [1.54, 1.807) is 0 Å². The van der Waals surface area contributed by atoms with Gasteiger partial charge in [0.05, 0.1) is 6.61 Å². The van der Waals surface area contributed by atoms with E-state index < -0.39 is 0 Å². The van der Waals surface area contributed by atoms with E-state index in [1.807, 2.05) is 0 Å². The Balaban J connectivity index is 2.30. The van der Waals surface area contributed by atoms with Crippen LogP contribution in [0, 0.1) is 0 Å². The van der Waals surface area contributed by atoms with E-state index in [-0.39, 0.29) is 0 Å². The summed E-state index contributed by atoms with van der Waals surface area (Å²) in [6.07, 6.45) is 1.04. The molecule has 2 nitrogen and oxygen atoms in total. The molecule has 0 bridgehead atoms. The second-order valence-corrected chi connectivity index (χ2v) is 3.60. The predicted molar refractivity (Wildman–Crippen MR) is 53.1 cm³/mol. The summed E-state index contributed by atoms with van der Waals surface area (Å²) in [6.45, 7) is 3.69. The maximum absolute atomic E-state index is 5.62. The fourth-order valence-electron chi connectivity index (χ4n) is 1.65. The van der Waals surface area contributed by atoms with Crippen molar-refractivity contribution < 1.29 is 4.74 Å². The first-order chi connectivity index (χ1) is 6.31. The standard InChI is InChI=1S/C11H15NO/c1-8(7-12)9-2-3-11-10(6-9)4-5-13-11/h2-3,6,8H,4-5,7,12H2,1H3/t8-/m1/s1. The zero-order chi connectivity index (χ0) is 9.26. The number of benzene rings is 1. The molecular weight excluding hydrogens is 162 g/mol. The van der Waals surface area contributed by atoms with Crippen LogP contribution in [0.25, 0.3) is 0 Å². The number of nitrogens with two attached hydrogens (primary N) is 1. The smallest absolute Gasteiger partial charge is 0.122 e. The summed E-state index contributed by atoms with van der Waals surface area (Å²) in [7, 11) is 0. The highest BCUT2D eigenvalue weighted by atomic mass is 16.5. The van der Waals surface area contributed by atoms with Crippen molar-refractivity contribution in [3.63, 3.8) is 0 Å². The molecule has 2 heteroatoms. The molecule has 1 heterocycles. The van der Waals surface area contributed by atoms with Crippen LogP contribution < -0.4 is 10.5 Å². The molecule has 0 fully saturated rings. The van der Waals surface area contributed by atoms with Crippen molar-refractivity contribution in [2.75, 3.05) is 13.2 Å². The molecule has 0 radical (unpaired) electrons. The summed E-state index contributed by atoms with van der Waals surface area (Å²) in [5.41, 5.74) is 8.28. The van der Waals surface area contributed by atoms with E-state index >= 15 is 0 Å². The third-order valence-electron chi connectivity index (χ3n) is 2.64. The molecule has 1 aromatic rings. The molecule has 2 N–H and O–H groups in total. The Morgan fingerprint density at radius 1 is 1.54 bits per heavy atom. The number of hydrogen-bond donors (Lipinski definition) is 1. The van der Waals surface area contributed by atoms with E-state index in [2.05, 4.69) is 25.1 Å². The number of ether oxygens (including phenoxy) is 1. The van der Waals surface area contributed by atoms with E-state index in [4.69, 9.17) is 10.5 Å². The van der Waals surface area contributed by atoms with Crippen molar-refractivity contribution in [2.24, 2.45) is 5.73 Å². The minimum Gasteiger partial charge on any atom is -0.493 e. The van der Waals surface area contributed by atoms with Crippen LogP contribution >= 0.6 is 0 Å². The summed E-state index contributed by atoms with van der Waals surface area (Å²) in [5, 5.41) is 0. The van der Waals surface area contributed by atoms with E-state index in [0.717, 1.165) is 18.8 Å². The topological polar surface area (TPSA) is 35.2 Å². The molecule has 70 valence electrons.